The number of carbonyl (C=O) groups is 1. The lowest BCUT2D eigenvalue weighted by molar-refractivity contribution is -0.138. The summed E-state index contributed by atoms with van der Waals surface area (Å²) in [6.45, 7) is 4.31. The molecule has 2 aliphatic heterocycles. The van der Waals surface area contributed by atoms with Crippen molar-refractivity contribution in [2.45, 2.75) is 56.5 Å². The molecule has 3 fully saturated rings. The average molecular weight is 392 g/mol. The highest BCUT2D eigenvalue weighted by Crippen LogP contribution is 2.48. The Balaban J connectivity index is 1.56. The fourth-order valence-electron chi connectivity index (χ4n) is 5.42. The number of amides is 1. The second-order valence-corrected chi connectivity index (χ2v) is 8.61. The van der Waals surface area contributed by atoms with Crippen LogP contribution in [0.5, 0.6) is 0 Å². The molecule has 1 aliphatic carbocycles. The van der Waals surface area contributed by atoms with Crippen LogP contribution in [0.3, 0.4) is 0 Å². The number of piperidine rings is 1. The number of halogens is 1. The molecule has 1 saturated carbocycles. The van der Waals surface area contributed by atoms with Gasteiger partial charge in [0.15, 0.2) is 0 Å². The Labute approximate surface area is 166 Å². The van der Waals surface area contributed by atoms with Crippen LogP contribution in [0, 0.1) is 5.92 Å². The van der Waals surface area contributed by atoms with E-state index in [4.69, 9.17) is 16.3 Å². The van der Waals surface area contributed by atoms with E-state index in [0.717, 1.165) is 24.5 Å². The summed E-state index contributed by atoms with van der Waals surface area (Å²) in [7, 11) is 0. The molecule has 5 nitrogen and oxygen atoms in total. The van der Waals surface area contributed by atoms with E-state index in [2.05, 4.69) is 23.0 Å². The van der Waals surface area contributed by atoms with Gasteiger partial charge in [0, 0.05) is 48.1 Å². The summed E-state index contributed by atoms with van der Waals surface area (Å²) >= 11 is 6.15. The zero-order valence-corrected chi connectivity index (χ0v) is 16.8. The smallest absolute Gasteiger partial charge is 0.248 e. The van der Waals surface area contributed by atoms with Crippen LogP contribution in [-0.4, -0.2) is 49.2 Å². The van der Waals surface area contributed by atoms with Crippen molar-refractivity contribution in [2.75, 3.05) is 26.3 Å². The first-order valence-electron chi connectivity index (χ1n) is 10.3. The summed E-state index contributed by atoms with van der Waals surface area (Å²) in [5.41, 5.74) is 8.68. The van der Waals surface area contributed by atoms with Gasteiger partial charge in [-0.05, 0) is 43.9 Å². The largest absolute Gasteiger partial charge is 0.372 e. The van der Waals surface area contributed by atoms with Crippen LogP contribution in [0.4, 0.5) is 0 Å². The maximum atomic E-state index is 12.5. The number of fused-ring (bicyclic) bond motifs is 1. The summed E-state index contributed by atoms with van der Waals surface area (Å²) < 4.78 is 5.35. The molecule has 148 valence electrons. The van der Waals surface area contributed by atoms with E-state index >= 15 is 0 Å². The molecule has 27 heavy (non-hydrogen) atoms. The summed E-state index contributed by atoms with van der Waals surface area (Å²) in [6, 6.07) is 9.17. The lowest BCUT2D eigenvalue weighted by Gasteiger charge is -2.43. The summed E-state index contributed by atoms with van der Waals surface area (Å²) in [4.78, 5) is 14.5. The standard InChI is InChI=1S/C21H30ClN3O2/c1-2-27-14-19(26)25-12-9-18-17(13-25)20(24-23-18)21(10-3-4-11-21)15-5-7-16(22)8-6-15/h5-8,17-18,20,23-24H,2-4,9-14H2,1H3. The quantitative estimate of drug-likeness (QED) is 0.810. The van der Waals surface area contributed by atoms with E-state index in [-0.39, 0.29) is 17.9 Å². The van der Waals surface area contributed by atoms with Crippen molar-refractivity contribution in [2.24, 2.45) is 5.92 Å². The van der Waals surface area contributed by atoms with Crippen molar-refractivity contribution in [3.63, 3.8) is 0 Å². The Morgan fingerprint density at radius 2 is 2.00 bits per heavy atom. The van der Waals surface area contributed by atoms with Crippen molar-refractivity contribution >= 4 is 17.5 Å². The normalized spacial score (nSPS) is 29.7. The van der Waals surface area contributed by atoms with Gasteiger partial charge in [-0.15, -0.1) is 0 Å². The molecular weight excluding hydrogens is 362 g/mol. The van der Waals surface area contributed by atoms with Gasteiger partial charge < -0.3 is 9.64 Å². The number of hydrogen-bond acceptors (Lipinski definition) is 4. The minimum Gasteiger partial charge on any atom is -0.372 e. The molecule has 0 bridgehead atoms. The van der Waals surface area contributed by atoms with Gasteiger partial charge in [0.1, 0.15) is 6.61 Å². The Morgan fingerprint density at radius 3 is 2.70 bits per heavy atom. The first-order valence-corrected chi connectivity index (χ1v) is 10.6. The Hall–Kier alpha value is -1.14. The highest BCUT2D eigenvalue weighted by atomic mass is 35.5. The van der Waals surface area contributed by atoms with Crippen molar-refractivity contribution in [1.82, 2.24) is 15.8 Å². The van der Waals surface area contributed by atoms with Crippen LogP contribution in [0.2, 0.25) is 5.02 Å². The molecule has 1 aromatic carbocycles. The van der Waals surface area contributed by atoms with Crippen LogP contribution in [0.1, 0.15) is 44.6 Å². The number of benzene rings is 1. The molecule has 0 aromatic heterocycles. The molecule has 2 N–H and O–H groups in total. The molecule has 4 rings (SSSR count). The van der Waals surface area contributed by atoms with Gasteiger partial charge in [0.25, 0.3) is 0 Å². The van der Waals surface area contributed by atoms with Gasteiger partial charge in [-0.2, -0.15) is 0 Å². The third-order valence-electron chi connectivity index (χ3n) is 6.80. The van der Waals surface area contributed by atoms with E-state index in [9.17, 15) is 4.79 Å². The summed E-state index contributed by atoms with van der Waals surface area (Å²) in [5.74, 6) is 0.533. The number of hydrazine groups is 1. The minimum atomic E-state index is 0.114. The van der Waals surface area contributed by atoms with E-state index in [1.165, 1.54) is 31.2 Å². The van der Waals surface area contributed by atoms with Crippen LogP contribution >= 0.6 is 11.6 Å². The van der Waals surface area contributed by atoms with Gasteiger partial charge in [-0.1, -0.05) is 36.6 Å². The SMILES string of the molecule is CCOCC(=O)N1CCC2NNC(C3(c4ccc(Cl)cc4)CCCC3)C2C1. The Bertz CT molecular complexity index is 660. The number of rotatable bonds is 5. The van der Waals surface area contributed by atoms with Gasteiger partial charge in [0.05, 0.1) is 0 Å². The minimum absolute atomic E-state index is 0.114. The second-order valence-electron chi connectivity index (χ2n) is 8.17. The van der Waals surface area contributed by atoms with E-state index in [1.807, 2.05) is 24.0 Å². The summed E-state index contributed by atoms with van der Waals surface area (Å²) in [6.07, 6.45) is 5.87. The molecule has 3 aliphatic rings. The predicted octanol–water partition coefficient (Wildman–Crippen LogP) is 2.88. The average Bonchev–Trinajstić information content (AvgIpc) is 3.33. The van der Waals surface area contributed by atoms with Crippen LogP contribution in [0.15, 0.2) is 24.3 Å². The maximum Gasteiger partial charge on any atom is 0.248 e. The number of nitrogens with one attached hydrogen (secondary N) is 2. The molecular formula is C21H30ClN3O2. The number of likely N-dealkylation sites (tertiary alicyclic amines) is 1. The predicted molar refractivity (Wildman–Crippen MR) is 107 cm³/mol. The van der Waals surface area contributed by atoms with Gasteiger partial charge in [-0.3, -0.25) is 15.6 Å². The first-order chi connectivity index (χ1) is 13.1. The van der Waals surface area contributed by atoms with Gasteiger partial charge in [0.2, 0.25) is 5.91 Å². The lowest BCUT2D eigenvalue weighted by atomic mass is 9.67. The fourth-order valence-corrected chi connectivity index (χ4v) is 5.55. The molecule has 1 amide bonds. The van der Waals surface area contributed by atoms with Crippen molar-refractivity contribution in [3.05, 3.63) is 34.9 Å². The first kappa shape index (κ1) is 19.2. The highest BCUT2D eigenvalue weighted by molar-refractivity contribution is 6.30. The Morgan fingerprint density at radius 1 is 1.26 bits per heavy atom. The number of ether oxygens (including phenoxy) is 1. The number of nitrogens with zero attached hydrogens (tertiary/aromatic N) is 1. The van der Waals surface area contributed by atoms with Crippen molar-refractivity contribution < 1.29 is 9.53 Å². The monoisotopic (exact) mass is 391 g/mol. The van der Waals surface area contributed by atoms with Crippen LogP contribution < -0.4 is 10.9 Å². The third-order valence-corrected chi connectivity index (χ3v) is 7.06. The molecule has 3 atom stereocenters. The van der Waals surface area contributed by atoms with Gasteiger partial charge >= 0.3 is 0 Å². The van der Waals surface area contributed by atoms with E-state index in [0.29, 0.717) is 24.6 Å². The van der Waals surface area contributed by atoms with Crippen LogP contribution in [0.25, 0.3) is 0 Å². The number of carbonyl (C=O) groups excluding carboxylic acids is 1. The third kappa shape index (κ3) is 3.63. The maximum absolute atomic E-state index is 12.5. The Kier molecular flexibility index (Phi) is 5.74. The van der Waals surface area contributed by atoms with E-state index < -0.39 is 0 Å². The van der Waals surface area contributed by atoms with Crippen molar-refractivity contribution in [3.8, 4) is 0 Å². The summed E-state index contributed by atoms with van der Waals surface area (Å²) in [5, 5.41) is 0.785. The molecule has 2 saturated heterocycles. The number of hydrogen-bond donors (Lipinski definition) is 2. The molecule has 6 heteroatoms. The topological polar surface area (TPSA) is 53.6 Å². The zero-order valence-electron chi connectivity index (χ0n) is 16.0. The van der Waals surface area contributed by atoms with Crippen LogP contribution in [-0.2, 0) is 14.9 Å². The zero-order chi connectivity index (χ0) is 18.9. The lowest BCUT2D eigenvalue weighted by Crippen LogP contribution is -2.54. The fraction of sp³-hybridized carbons (Fsp3) is 0.667. The second kappa shape index (κ2) is 8.08. The van der Waals surface area contributed by atoms with Gasteiger partial charge in [-0.25, -0.2) is 0 Å². The molecule has 0 spiro atoms. The molecule has 0 radical (unpaired) electrons. The highest BCUT2D eigenvalue weighted by Gasteiger charge is 2.52. The van der Waals surface area contributed by atoms with E-state index in [1.54, 1.807) is 0 Å². The molecule has 3 unspecified atom stereocenters. The van der Waals surface area contributed by atoms with Crippen molar-refractivity contribution in [1.29, 1.82) is 0 Å². The molecule has 2 heterocycles. The molecule has 1 aromatic rings.